The fourth-order valence-electron chi connectivity index (χ4n) is 2.33. The molecule has 2 rings (SSSR count). The third-order valence-electron chi connectivity index (χ3n) is 3.77. The second-order valence-corrected chi connectivity index (χ2v) is 7.03. The van der Waals surface area contributed by atoms with E-state index in [1.807, 2.05) is 24.3 Å². The summed E-state index contributed by atoms with van der Waals surface area (Å²) in [5, 5.41) is 14.4. The SMILES string of the molecule is CCN(CC)c1ccc(C=NNS(=O)(=O)c2ccc([N+](=O)[O-])cc2)cc1. The number of rotatable bonds is 8. The molecule has 0 bridgehead atoms. The molecule has 138 valence electrons. The molecule has 0 radical (unpaired) electrons. The van der Waals surface area contributed by atoms with Gasteiger partial charge in [0.15, 0.2) is 0 Å². The Morgan fingerprint density at radius 1 is 1.08 bits per heavy atom. The molecule has 9 heteroatoms. The molecular formula is C17H20N4O4S. The molecule has 0 aliphatic heterocycles. The summed E-state index contributed by atoms with van der Waals surface area (Å²) in [7, 11) is -3.88. The van der Waals surface area contributed by atoms with E-state index in [0.29, 0.717) is 0 Å². The normalized spacial score (nSPS) is 11.5. The average molecular weight is 376 g/mol. The van der Waals surface area contributed by atoms with Crippen LogP contribution in [0.2, 0.25) is 0 Å². The van der Waals surface area contributed by atoms with Crippen LogP contribution in [0.1, 0.15) is 19.4 Å². The minimum atomic E-state index is -3.88. The van der Waals surface area contributed by atoms with Crippen molar-refractivity contribution in [1.29, 1.82) is 0 Å². The maximum Gasteiger partial charge on any atom is 0.276 e. The predicted molar refractivity (Wildman–Crippen MR) is 101 cm³/mol. The summed E-state index contributed by atoms with van der Waals surface area (Å²) in [5.41, 5.74) is 1.65. The zero-order valence-electron chi connectivity index (χ0n) is 14.5. The first-order valence-electron chi connectivity index (χ1n) is 8.01. The fourth-order valence-corrected chi connectivity index (χ4v) is 3.12. The lowest BCUT2D eigenvalue weighted by Crippen LogP contribution is -2.21. The summed E-state index contributed by atoms with van der Waals surface area (Å²) in [6.45, 7) is 5.95. The third-order valence-corrected chi connectivity index (χ3v) is 5.00. The van der Waals surface area contributed by atoms with Crippen LogP contribution in [-0.4, -0.2) is 32.6 Å². The van der Waals surface area contributed by atoms with Crippen LogP contribution in [0.25, 0.3) is 0 Å². The van der Waals surface area contributed by atoms with Crippen molar-refractivity contribution < 1.29 is 13.3 Å². The molecule has 2 aromatic carbocycles. The van der Waals surface area contributed by atoms with Gasteiger partial charge >= 0.3 is 0 Å². The highest BCUT2D eigenvalue weighted by molar-refractivity contribution is 7.89. The van der Waals surface area contributed by atoms with Crippen LogP contribution >= 0.6 is 0 Å². The number of anilines is 1. The molecule has 2 aromatic rings. The van der Waals surface area contributed by atoms with Crippen LogP contribution in [0, 0.1) is 10.1 Å². The summed E-state index contributed by atoms with van der Waals surface area (Å²) in [4.78, 5) is 14.2. The third kappa shape index (κ3) is 4.79. The number of hydrogen-bond donors (Lipinski definition) is 1. The van der Waals surface area contributed by atoms with E-state index < -0.39 is 14.9 Å². The number of hydrogen-bond acceptors (Lipinski definition) is 6. The summed E-state index contributed by atoms with van der Waals surface area (Å²) >= 11 is 0. The van der Waals surface area contributed by atoms with Gasteiger partial charge in [0.2, 0.25) is 0 Å². The van der Waals surface area contributed by atoms with Gasteiger partial charge < -0.3 is 4.90 Å². The molecule has 0 aliphatic carbocycles. The first-order valence-corrected chi connectivity index (χ1v) is 9.50. The number of nitro groups is 1. The first kappa shape index (κ1) is 19.4. The van der Waals surface area contributed by atoms with Gasteiger partial charge in [-0.1, -0.05) is 12.1 Å². The highest BCUT2D eigenvalue weighted by Crippen LogP contribution is 2.16. The highest BCUT2D eigenvalue weighted by atomic mass is 32.2. The highest BCUT2D eigenvalue weighted by Gasteiger charge is 2.14. The molecule has 0 spiro atoms. The number of nitrogens with one attached hydrogen (secondary N) is 1. The number of nitro benzene ring substituents is 1. The molecule has 0 amide bonds. The Bertz CT molecular complexity index is 874. The van der Waals surface area contributed by atoms with Crippen LogP contribution < -0.4 is 9.73 Å². The predicted octanol–water partition coefficient (Wildman–Crippen LogP) is 2.75. The molecule has 0 heterocycles. The number of nitrogens with zero attached hydrogens (tertiary/aromatic N) is 3. The van der Waals surface area contributed by atoms with Gasteiger partial charge in [0.05, 0.1) is 16.0 Å². The van der Waals surface area contributed by atoms with Gasteiger partial charge in [-0.25, -0.2) is 4.83 Å². The van der Waals surface area contributed by atoms with E-state index in [0.717, 1.165) is 48.6 Å². The molecule has 0 atom stereocenters. The standard InChI is InChI=1S/C17H20N4O4S/c1-3-20(4-2)15-7-5-14(6-8-15)13-18-19-26(24,25)17-11-9-16(10-12-17)21(22)23/h5-13,19H,3-4H2,1-2H3. The zero-order valence-corrected chi connectivity index (χ0v) is 15.3. The van der Waals surface area contributed by atoms with Crippen LogP contribution in [0.4, 0.5) is 11.4 Å². The minimum Gasteiger partial charge on any atom is -0.372 e. The van der Waals surface area contributed by atoms with Gasteiger partial charge in [-0.05, 0) is 43.7 Å². The van der Waals surface area contributed by atoms with Crippen molar-refractivity contribution in [2.45, 2.75) is 18.7 Å². The number of non-ortho nitro benzene ring substituents is 1. The van der Waals surface area contributed by atoms with Gasteiger partial charge in [0.25, 0.3) is 15.7 Å². The Morgan fingerprint density at radius 3 is 2.15 bits per heavy atom. The van der Waals surface area contributed by atoms with Crippen molar-refractivity contribution in [3.63, 3.8) is 0 Å². The monoisotopic (exact) mass is 376 g/mol. The number of benzene rings is 2. The Balaban J connectivity index is 2.05. The largest absolute Gasteiger partial charge is 0.372 e. The van der Waals surface area contributed by atoms with E-state index in [2.05, 4.69) is 28.7 Å². The molecule has 0 saturated heterocycles. The Morgan fingerprint density at radius 2 is 1.65 bits per heavy atom. The van der Waals surface area contributed by atoms with E-state index in [1.165, 1.54) is 6.21 Å². The minimum absolute atomic E-state index is 0.0999. The van der Waals surface area contributed by atoms with E-state index >= 15 is 0 Å². The molecule has 8 nitrogen and oxygen atoms in total. The van der Waals surface area contributed by atoms with Gasteiger partial charge in [-0.2, -0.15) is 13.5 Å². The van der Waals surface area contributed by atoms with Crippen molar-refractivity contribution >= 4 is 27.6 Å². The van der Waals surface area contributed by atoms with Crippen molar-refractivity contribution in [2.24, 2.45) is 5.10 Å². The van der Waals surface area contributed by atoms with Crippen molar-refractivity contribution in [3.05, 3.63) is 64.2 Å². The zero-order chi connectivity index (χ0) is 19.2. The van der Waals surface area contributed by atoms with Crippen LogP contribution in [0.3, 0.4) is 0 Å². The van der Waals surface area contributed by atoms with Gasteiger partial charge in [0.1, 0.15) is 0 Å². The van der Waals surface area contributed by atoms with Gasteiger partial charge in [-0.15, -0.1) is 0 Å². The lowest BCUT2D eigenvalue weighted by molar-refractivity contribution is -0.384. The molecular weight excluding hydrogens is 356 g/mol. The molecule has 0 aliphatic rings. The molecule has 26 heavy (non-hydrogen) atoms. The number of sulfonamides is 1. The lowest BCUT2D eigenvalue weighted by Gasteiger charge is -2.20. The van der Waals surface area contributed by atoms with Crippen molar-refractivity contribution in [1.82, 2.24) is 4.83 Å². The molecule has 0 unspecified atom stereocenters. The van der Waals surface area contributed by atoms with E-state index in [4.69, 9.17) is 0 Å². The second-order valence-electron chi connectivity index (χ2n) is 5.37. The first-order chi connectivity index (χ1) is 12.4. The summed E-state index contributed by atoms with van der Waals surface area (Å²) in [5.74, 6) is 0. The molecule has 0 fully saturated rings. The maximum absolute atomic E-state index is 12.1. The topological polar surface area (TPSA) is 105 Å². The van der Waals surface area contributed by atoms with Crippen LogP contribution in [-0.2, 0) is 10.0 Å². The van der Waals surface area contributed by atoms with Crippen LogP contribution in [0.15, 0.2) is 58.5 Å². The summed E-state index contributed by atoms with van der Waals surface area (Å²) in [6.07, 6.45) is 1.40. The second kappa shape index (κ2) is 8.43. The molecule has 1 N–H and O–H groups in total. The van der Waals surface area contributed by atoms with E-state index in [-0.39, 0.29) is 10.6 Å². The fraction of sp³-hybridized carbons (Fsp3) is 0.235. The lowest BCUT2D eigenvalue weighted by atomic mass is 10.2. The van der Waals surface area contributed by atoms with Crippen molar-refractivity contribution in [3.8, 4) is 0 Å². The smallest absolute Gasteiger partial charge is 0.276 e. The summed E-state index contributed by atoms with van der Waals surface area (Å²) < 4.78 is 24.2. The van der Waals surface area contributed by atoms with Crippen LogP contribution in [0.5, 0.6) is 0 Å². The van der Waals surface area contributed by atoms with Crippen molar-refractivity contribution in [2.75, 3.05) is 18.0 Å². The Kier molecular flexibility index (Phi) is 6.29. The van der Waals surface area contributed by atoms with E-state index in [1.54, 1.807) is 0 Å². The van der Waals surface area contributed by atoms with Gasteiger partial charge in [-0.3, -0.25) is 10.1 Å². The molecule has 0 aromatic heterocycles. The average Bonchev–Trinajstić information content (AvgIpc) is 2.64. The molecule has 0 saturated carbocycles. The maximum atomic E-state index is 12.1. The quantitative estimate of drug-likeness (QED) is 0.433. The Hall–Kier alpha value is -2.94. The number of hydrazone groups is 1. The Labute approximate surface area is 152 Å². The summed E-state index contributed by atoms with van der Waals surface area (Å²) in [6, 6.07) is 12.2. The van der Waals surface area contributed by atoms with Gasteiger partial charge in [0, 0.05) is 30.9 Å². The van der Waals surface area contributed by atoms with E-state index in [9.17, 15) is 18.5 Å².